The fourth-order valence-electron chi connectivity index (χ4n) is 4.86. The summed E-state index contributed by atoms with van der Waals surface area (Å²) in [6, 6.07) is 0. The number of rotatable bonds is 0. The van der Waals surface area contributed by atoms with Crippen LogP contribution in [0.5, 0.6) is 0 Å². The van der Waals surface area contributed by atoms with Crippen molar-refractivity contribution in [2.24, 2.45) is 23.7 Å². The Bertz CT molecular complexity index is 415. The molecule has 0 aromatic carbocycles. The predicted molar refractivity (Wildman–Crippen MR) is 67.9 cm³/mol. The van der Waals surface area contributed by atoms with Crippen LogP contribution >= 0.6 is 0 Å². The third kappa shape index (κ3) is 1.55. The zero-order chi connectivity index (χ0) is 14.1. The van der Waals surface area contributed by atoms with E-state index in [1.807, 2.05) is 13.8 Å². The second-order valence-corrected chi connectivity index (χ2v) is 7.26. The molecule has 5 heteroatoms. The van der Waals surface area contributed by atoms with Crippen LogP contribution in [0, 0.1) is 23.7 Å². The molecule has 0 aromatic rings. The van der Waals surface area contributed by atoms with E-state index >= 15 is 0 Å². The Labute approximate surface area is 118 Å². The molecule has 0 aromatic heterocycles. The van der Waals surface area contributed by atoms with Crippen molar-refractivity contribution in [1.29, 1.82) is 0 Å². The lowest BCUT2D eigenvalue weighted by atomic mass is 9.58. The molecule has 5 fully saturated rings. The fourth-order valence-corrected chi connectivity index (χ4v) is 4.86. The van der Waals surface area contributed by atoms with E-state index in [-0.39, 0.29) is 11.8 Å². The van der Waals surface area contributed by atoms with Crippen molar-refractivity contribution >= 4 is 0 Å². The first-order chi connectivity index (χ1) is 9.46. The molecule has 1 saturated carbocycles. The molecule has 0 N–H and O–H groups in total. The fraction of sp³-hybridized carbons (Fsp3) is 1.00. The summed E-state index contributed by atoms with van der Waals surface area (Å²) in [6.07, 6.45) is 1.88. The highest BCUT2D eigenvalue weighted by molar-refractivity contribution is 5.08. The number of hydrogen-bond donors (Lipinski definition) is 0. The van der Waals surface area contributed by atoms with Crippen LogP contribution in [0.4, 0.5) is 4.39 Å². The summed E-state index contributed by atoms with van der Waals surface area (Å²) in [4.78, 5) is 11.5. The van der Waals surface area contributed by atoms with E-state index in [4.69, 9.17) is 19.2 Å². The molecule has 8 atom stereocenters. The Morgan fingerprint density at radius 2 is 1.85 bits per heavy atom. The summed E-state index contributed by atoms with van der Waals surface area (Å²) in [6.45, 7) is 6.02. The van der Waals surface area contributed by atoms with Crippen LogP contribution in [-0.2, 0) is 19.2 Å². The molecule has 0 amide bonds. The summed E-state index contributed by atoms with van der Waals surface area (Å²) in [5, 5.41) is 0. The number of hydrogen-bond acceptors (Lipinski definition) is 4. The van der Waals surface area contributed by atoms with E-state index in [0.717, 1.165) is 25.7 Å². The molecule has 20 heavy (non-hydrogen) atoms. The SMILES string of the molecule is C[C@H]1[C@@H](F)O[C@@H]2OC3(C)CC[C@H]4[C@H](C)CC[C@@H]1C24OO3. The first-order valence-corrected chi connectivity index (χ1v) is 7.80. The molecule has 0 radical (unpaired) electrons. The largest absolute Gasteiger partial charge is 0.315 e. The van der Waals surface area contributed by atoms with Crippen LogP contribution in [-0.4, -0.2) is 24.0 Å². The molecule has 4 nitrogen and oxygen atoms in total. The van der Waals surface area contributed by atoms with Gasteiger partial charge in [0.2, 0.25) is 12.1 Å². The Morgan fingerprint density at radius 3 is 2.65 bits per heavy atom. The summed E-state index contributed by atoms with van der Waals surface area (Å²) >= 11 is 0. The zero-order valence-electron chi connectivity index (χ0n) is 12.3. The smallest absolute Gasteiger partial charge is 0.204 e. The van der Waals surface area contributed by atoms with Gasteiger partial charge >= 0.3 is 0 Å². The third-order valence-electron chi connectivity index (χ3n) is 6.08. The normalized spacial score (nSPS) is 61.8. The Kier molecular flexibility index (Phi) is 2.79. The van der Waals surface area contributed by atoms with E-state index in [1.54, 1.807) is 0 Å². The zero-order valence-corrected chi connectivity index (χ0v) is 12.3. The average Bonchev–Trinajstić information content (AvgIpc) is 2.63. The number of halogens is 1. The number of ether oxygens (including phenoxy) is 2. The van der Waals surface area contributed by atoms with Gasteiger partial charge in [0, 0.05) is 18.3 Å². The number of fused-ring (bicyclic) bond motifs is 2. The van der Waals surface area contributed by atoms with E-state index in [1.165, 1.54) is 0 Å². The van der Waals surface area contributed by atoms with Gasteiger partial charge in [0.15, 0.2) is 11.9 Å². The summed E-state index contributed by atoms with van der Waals surface area (Å²) in [7, 11) is 0. The van der Waals surface area contributed by atoms with Crippen LogP contribution in [0.15, 0.2) is 0 Å². The maximum absolute atomic E-state index is 14.2. The second kappa shape index (κ2) is 4.15. The van der Waals surface area contributed by atoms with Crippen molar-refractivity contribution in [2.45, 2.75) is 70.5 Å². The van der Waals surface area contributed by atoms with Gasteiger partial charge in [-0.2, -0.15) is 0 Å². The molecule has 4 heterocycles. The summed E-state index contributed by atoms with van der Waals surface area (Å²) in [5.41, 5.74) is -0.629. The molecule has 4 saturated heterocycles. The minimum atomic E-state index is -1.28. The summed E-state index contributed by atoms with van der Waals surface area (Å²) < 4.78 is 25.8. The highest BCUT2D eigenvalue weighted by Crippen LogP contribution is 2.60. The molecular formula is C15H23FO4. The first-order valence-electron chi connectivity index (χ1n) is 7.80. The van der Waals surface area contributed by atoms with Gasteiger partial charge in [-0.05, 0) is 38.0 Å². The third-order valence-corrected chi connectivity index (χ3v) is 6.08. The second-order valence-electron chi connectivity index (χ2n) is 7.26. The van der Waals surface area contributed by atoms with E-state index in [2.05, 4.69) is 6.92 Å². The van der Waals surface area contributed by atoms with E-state index in [9.17, 15) is 4.39 Å². The van der Waals surface area contributed by atoms with Gasteiger partial charge in [0.25, 0.3) is 0 Å². The molecular weight excluding hydrogens is 263 g/mol. The van der Waals surface area contributed by atoms with E-state index in [0.29, 0.717) is 11.8 Å². The van der Waals surface area contributed by atoms with Gasteiger partial charge in [0.05, 0.1) is 0 Å². The molecule has 5 aliphatic rings. The van der Waals surface area contributed by atoms with Gasteiger partial charge in [-0.1, -0.05) is 13.8 Å². The Morgan fingerprint density at radius 1 is 1.05 bits per heavy atom. The predicted octanol–water partition coefficient (Wildman–Crippen LogP) is 3.16. The van der Waals surface area contributed by atoms with E-state index < -0.39 is 24.0 Å². The highest BCUT2D eigenvalue weighted by Gasteiger charge is 2.69. The van der Waals surface area contributed by atoms with Crippen molar-refractivity contribution in [3.05, 3.63) is 0 Å². The van der Waals surface area contributed by atoms with Crippen molar-refractivity contribution < 1.29 is 23.6 Å². The maximum atomic E-state index is 14.2. The Hall–Kier alpha value is -0.230. The lowest BCUT2D eigenvalue weighted by molar-refractivity contribution is -0.574. The summed E-state index contributed by atoms with van der Waals surface area (Å²) in [5.74, 6) is -0.0624. The van der Waals surface area contributed by atoms with Crippen LogP contribution < -0.4 is 0 Å². The molecule has 5 rings (SSSR count). The lowest BCUT2D eigenvalue weighted by Gasteiger charge is -2.59. The van der Waals surface area contributed by atoms with Gasteiger partial charge in [0.1, 0.15) is 0 Å². The first kappa shape index (κ1) is 13.4. The van der Waals surface area contributed by atoms with Crippen molar-refractivity contribution in [1.82, 2.24) is 0 Å². The van der Waals surface area contributed by atoms with Crippen LogP contribution in [0.1, 0.15) is 46.5 Å². The topological polar surface area (TPSA) is 36.9 Å². The molecule has 1 spiro atoms. The van der Waals surface area contributed by atoms with Crippen LogP contribution in [0.3, 0.4) is 0 Å². The van der Waals surface area contributed by atoms with Crippen LogP contribution in [0.25, 0.3) is 0 Å². The molecule has 114 valence electrons. The highest BCUT2D eigenvalue weighted by atomic mass is 19.1. The minimum Gasteiger partial charge on any atom is -0.315 e. The standard InChI is InChI=1S/C15H23FO4/c1-8-4-5-11-9(2)12(16)17-13-15(11)10(8)6-7-14(3,18-13)19-20-15/h8-13H,4-7H2,1-3H3/t8-,9-,10+,11+,12+,13-,14?,15?/m1/s1. The van der Waals surface area contributed by atoms with Crippen molar-refractivity contribution in [3.63, 3.8) is 0 Å². The van der Waals surface area contributed by atoms with Crippen molar-refractivity contribution in [3.8, 4) is 0 Å². The van der Waals surface area contributed by atoms with Crippen molar-refractivity contribution in [2.75, 3.05) is 0 Å². The van der Waals surface area contributed by atoms with Gasteiger partial charge in [-0.3, -0.25) is 0 Å². The quantitative estimate of drug-likeness (QED) is 0.641. The molecule has 4 aliphatic heterocycles. The molecule has 1 aliphatic carbocycles. The molecule has 2 unspecified atom stereocenters. The molecule has 2 bridgehead atoms. The monoisotopic (exact) mass is 286 g/mol. The van der Waals surface area contributed by atoms with Gasteiger partial charge < -0.3 is 9.47 Å². The van der Waals surface area contributed by atoms with Gasteiger partial charge in [-0.15, -0.1) is 0 Å². The van der Waals surface area contributed by atoms with Gasteiger partial charge in [-0.25, -0.2) is 14.2 Å². The average molecular weight is 286 g/mol. The number of alkyl halides is 1. The minimum absolute atomic E-state index is 0.0973. The lowest BCUT2D eigenvalue weighted by Crippen LogP contribution is -2.69. The Balaban J connectivity index is 1.82. The maximum Gasteiger partial charge on any atom is 0.204 e. The van der Waals surface area contributed by atoms with Crippen LogP contribution in [0.2, 0.25) is 0 Å².